The van der Waals surface area contributed by atoms with Crippen molar-refractivity contribution in [3.05, 3.63) is 0 Å². The Morgan fingerprint density at radius 3 is 2.48 bits per heavy atom. The molecule has 0 aromatic carbocycles. The van der Waals surface area contributed by atoms with Gasteiger partial charge < -0.3 is 20.5 Å². The van der Waals surface area contributed by atoms with Gasteiger partial charge in [-0.15, -0.1) is 0 Å². The summed E-state index contributed by atoms with van der Waals surface area (Å²) in [5.74, 6) is 0.646. The van der Waals surface area contributed by atoms with Gasteiger partial charge in [-0.25, -0.2) is 0 Å². The molecule has 0 aliphatic rings. The summed E-state index contributed by atoms with van der Waals surface area (Å²) >= 11 is 0. The zero-order valence-corrected chi connectivity index (χ0v) is 14.3. The first-order chi connectivity index (χ1) is 9.85. The van der Waals surface area contributed by atoms with E-state index in [9.17, 15) is 9.90 Å². The Labute approximate surface area is 129 Å². The molecule has 0 rings (SSSR count). The summed E-state index contributed by atoms with van der Waals surface area (Å²) in [7, 11) is 0. The van der Waals surface area contributed by atoms with Gasteiger partial charge in [0.05, 0.1) is 18.8 Å². The predicted octanol–water partition coefficient (Wildman–Crippen LogP) is 1.69. The quantitative estimate of drug-likeness (QED) is 0.480. The van der Waals surface area contributed by atoms with E-state index in [1.165, 1.54) is 0 Å². The van der Waals surface area contributed by atoms with Crippen molar-refractivity contribution in [1.29, 1.82) is 0 Å². The van der Waals surface area contributed by atoms with Crippen LogP contribution in [0.4, 0.5) is 0 Å². The molecule has 3 atom stereocenters. The lowest BCUT2D eigenvalue weighted by atomic mass is 10.1. The number of nitrogens with one attached hydrogen (secondary N) is 2. The maximum absolute atomic E-state index is 11.5. The summed E-state index contributed by atoms with van der Waals surface area (Å²) in [4.78, 5) is 11.5. The molecule has 21 heavy (non-hydrogen) atoms. The second kappa shape index (κ2) is 12.0. The van der Waals surface area contributed by atoms with Crippen LogP contribution >= 0.6 is 0 Å². The van der Waals surface area contributed by atoms with Crippen molar-refractivity contribution in [3.8, 4) is 0 Å². The van der Waals surface area contributed by atoms with Crippen LogP contribution in [0.5, 0.6) is 0 Å². The van der Waals surface area contributed by atoms with Gasteiger partial charge in [-0.2, -0.15) is 0 Å². The van der Waals surface area contributed by atoms with Crippen LogP contribution in [0.25, 0.3) is 0 Å². The third kappa shape index (κ3) is 12.8. The Balaban J connectivity index is 3.57. The third-order valence-corrected chi connectivity index (χ3v) is 3.31. The molecule has 0 aliphatic carbocycles. The topological polar surface area (TPSA) is 70.6 Å². The Hall–Kier alpha value is -0.650. The van der Waals surface area contributed by atoms with E-state index in [2.05, 4.69) is 24.5 Å². The average Bonchev–Trinajstić information content (AvgIpc) is 2.40. The van der Waals surface area contributed by atoms with Gasteiger partial charge in [-0.3, -0.25) is 4.79 Å². The molecular weight excluding hydrogens is 268 g/mol. The maximum Gasteiger partial charge on any atom is 0.221 e. The molecule has 0 radical (unpaired) electrons. The molecule has 5 nitrogen and oxygen atoms in total. The van der Waals surface area contributed by atoms with Crippen molar-refractivity contribution in [3.63, 3.8) is 0 Å². The summed E-state index contributed by atoms with van der Waals surface area (Å²) in [6.45, 7) is 11.7. The van der Waals surface area contributed by atoms with Crippen molar-refractivity contribution in [2.24, 2.45) is 5.92 Å². The highest BCUT2D eigenvalue weighted by molar-refractivity contribution is 5.76. The van der Waals surface area contributed by atoms with Crippen LogP contribution in [0.3, 0.4) is 0 Å². The fraction of sp³-hybridized carbons (Fsp3) is 0.938. The molecule has 0 bridgehead atoms. The van der Waals surface area contributed by atoms with Gasteiger partial charge in [-0.1, -0.05) is 20.8 Å². The highest BCUT2D eigenvalue weighted by atomic mass is 16.5. The molecule has 0 spiro atoms. The fourth-order valence-electron chi connectivity index (χ4n) is 1.99. The Morgan fingerprint density at radius 1 is 1.24 bits per heavy atom. The third-order valence-electron chi connectivity index (χ3n) is 3.31. The van der Waals surface area contributed by atoms with Crippen molar-refractivity contribution in [2.45, 2.75) is 72.1 Å². The summed E-state index contributed by atoms with van der Waals surface area (Å²) in [6, 6.07) is 0.221. The number of carbonyl (C=O) groups is 1. The second-order valence-electron chi connectivity index (χ2n) is 6.26. The first-order valence-electron chi connectivity index (χ1n) is 8.14. The predicted molar refractivity (Wildman–Crippen MR) is 86.3 cm³/mol. The normalized spacial score (nSPS) is 15.8. The van der Waals surface area contributed by atoms with E-state index < -0.39 is 6.10 Å². The number of amides is 1. The molecule has 5 heteroatoms. The van der Waals surface area contributed by atoms with Gasteiger partial charge >= 0.3 is 0 Å². The van der Waals surface area contributed by atoms with Gasteiger partial charge in [0.2, 0.25) is 5.91 Å². The van der Waals surface area contributed by atoms with Gasteiger partial charge in [-0.05, 0) is 32.6 Å². The van der Waals surface area contributed by atoms with Crippen LogP contribution in [0.1, 0.15) is 53.9 Å². The van der Waals surface area contributed by atoms with Crippen LogP contribution in [0.2, 0.25) is 0 Å². The van der Waals surface area contributed by atoms with E-state index in [-0.39, 0.29) is 18.1 Å². The number of aliphatic hydroxyl groups excluding tert-OH is 1. The number of carbonyl (C=O) groups excluding carboxylic acids is 1. The molecule has 0 fully saturated rings. The standard InChI is InChI=1S/C16H34N2O3/c1-6-13(4)18-16(20)7-8-17-10-15(19)11-21-14(5)9-12(2)3/h12-15,17,19H,6-11H2,1-5H3,(H,18,20). The number of hydrogen-bond donors (Lipinski definition) is 3. The minimum atomic E-state index is -0.530. The van der Waals surface area contributed by atoms with E-state index in [0.29, 0.717) is 32.0 Å². The molecule has 126 valence electrons. The molecular formula is C16H34N2O3. The zero-order valence-electron chi connectivity index (χ0n) is 14.3. The van der Waals surface area contributed by atoms with Crippen molar-refractivity contribution >= 4 is 5.91 Å². The zero-order chi connectivity index (χ0) is 16.3. The van der Waals surface area contributed by atoms with Crippen LogP contribution in [-0.4, -0.2) is 49.0 Å². The van der Waals surface area contributed by atoms with E-state index >= 15 is 0 Å². The van der Waals surface area contributed by atoms with Gasteiger partial charge in [0.25, 0.3) is 0 Å². The van der Waals surface area contributed by atoms with Gasteiger partial charge in [0.1, 0.15) is 0 Å². The van der Waals surface area contributed by atoms with E-state index in [1.807, 2.05) is 20.8 Å². The Bertz CT molecular complexity index is 272. The van der Waals surface area contributed by atoms with Crippen LogP contribution < -0.4 is 10.6 Å². The minimum Gasteiger partial charge on any atom is -0.389 e. The first kappa shape index (κ1) is 20.3. The number of aliphatic hydroxyl groups is 1. The lowest BCUT2D eigenvalue weighted by Crippen LogP contribution is -2.36. The SMILES string of the molecule is CCC(C)NC(=O)CCNCC(O)COC(C)CC(C)C. The minimum absolute atomic E-state index is 0.0492. The van der Waals surface area contributed by atoms with Gasteiger partial charge in [0.15, 0.2) is 0 Å². The number of ether oxygens (including phenoxy) is 1. The molecule has 0 aromatic rings. The van der Waals surface area contributed by atoms with E-state index in [4.69, 9.17) is 4.74 Å². The van der Waals surface area contributed by atoms with Crippen molar-refractivity contribution in [1.82, 2.24) is 10.6 Å². The molecule has 0 aromatic heterocycles. The Morgan fingerprint density at radius 2 is 1.90 bits per heavy atom. The summed E-state index contributed by atoms with van der Waals surface area (Å²) in [6.07, 6.45) is 2.00. The van der Waals surface area contributed by atoms with E-state index in [0.717, 1.165) is 12.8 Å². The highest BCUT2D eigenvalue weighted by Crippen LogP contribution is 2.07. The molecule has 0 aliphatic heterocycles. The Kier molecular flexibility index (Phi) is 11.6. The smallest absolute Gasteiger partial charge is 0.221 e. The largest absolute Gasteiger partial charge is 0.389 e. The molecule has 1 amide bonds. The summed E-state index contributed by atoms with van der Waals surface area (Å²) in [5.41, 5.74) is 0. The van der Waals surface area contributed by atoms with Crippen LogP contribution in [0, 0.1) is 5.92 Å². The van der Waals surface area contributed by atoms with Crippen molar-refractivity contribution < 1.29 is 14.6 Å². The maximum atomic E-state index is 11.5. The highest BCUT2D eigenvalue weighted by Gasteiger charge is 2.10. The van der Waals surface area contributed by atoms with Gasteiger partial charge in [0, 0.05) is 25.6 Å². The molecule has 0 heterocycles. The lowest BCUT2D eigenvalue weighted by molar-refractivity contribution is -0.121. The molecule has 0 saturated heterocycles. The average molecular weight is 302 g/mol. The number of rotatable bonds is 12. The summed E-state index contributed by atoms with van der Waals surface area (Å²) in [5, 5.41) is 15.8. The van der Waals surface area contributed by atoms with Crippen LogP contribution in [-0.2, 0) is 9.53 Å². The van der Waals surface area contributed by atoms with E-state index in [1.54, 1.807) is 0 Å². The summed E-state index contributed by atoms with van der Waals surface area (Å²) < 4.78 is 5.59. The van der Waals surface area contributed by atoms with Crippen molar-refractivity contribution in [2.75, 3.05) is 19.7 Å². The molecule has 0 saturated carbocycles. The lowest BCUT2D eigenvalue weighted by Gasteiger charge is -2.18. The second-order valence-corrected chi connectivity index (χ2v) is 6.26. The molecule has 3 N–H and O–H groups in total. The monoisotopic (exact) mass is 302 g/mol. The van der Waals surface area contributed by atoms with Crippen LogP contribution in [0.15, 0.2) is 0 Å². The molecule has 3 unspecified atom stereocenters. The number of hydrogen-bond acceptors (Lipinski definition) is 4. The first-order valence-corrected chi connectivity index (χ1v) is 8.14. The fourth-order valence-corrected chi connectivity index (χ4v) is 1.99.